The van der Waals surface area contributed by atoms with Crippen LogP contribution in [0.2, 0.25) is 0 Å². The number of nitrogens with one attached hydrogen (secondary N) is 2. The van der Waals surface area contributed by atoms with E-state index < -0.39 is 0 Å². The lowest BCUT2D eigenvalue weighted by molar-refractivity contribution is -0.116. The van der Waals surface area contributed by atoms with Gasteiger partial charge in [0.15, 0.2) is 0 Å². The average Bonchev–Trinajstić information content (AvgIpc) is 2.72. The van der Waals surface area contributed by atoms with E-state index in [2.05, 4.69) is 20.6 Å². The van der Waals surface area contributed by atoms with Crippen molar-refractivity contribution in [1.82, 2.24) is 15.3 Å². The standard InChI is InChI=1S/C22H29N5O/c1-27(2)20-14-15-23-22(26-20)25-19-11-8-18(9-12-19)16-24-21(28)13-10-17-6-4-3-5-7-17/h3-7,10,13-15,18-19H,8-9,11-12,16H2,1-2H3,(H,24,28)(H,23,25,26). The van der Waals surface area contributed by atoms with Crippen LogP contribution in [0.25, 0.3) is 6.08 Å². The van der Waals surface area contributed by atoms with Gasteiger partial charge in [-0.2, -0.15) is 4.98 Å². The highest BCUT2D eigenvalue weighted by molar-refractivity contribution is 5.91. The van der Waals surface area contributed by atoms with Gasteiger partial charge in [-0.25, -0.2) is 4.98 Å². The van der Waals surface area contributed by atoms with Crippen LogP contribution in [0, 0.1) is 5.92 Å². The van der Waals surface area contributed by atoms with E-state index in [9.17, 15) is 4.79 Å². The Morgan fingerprint density at radius 3 is 2.61 bits per heavy atom. The first-order chi connectivity index (χ1) is 13.6. The van der Waals surface area contributed by atoms with Gasteiger partial charge in [0.2, 0.25) is 11.9 Å². The number of carbonyl (C=O) groups is 1. The maximum atomic E-state index is 12.0. The van der Waals surface area contributed by atoms with Crippen LogP contribution < -0.4 is 15.5 Å². The third kappa shape index (κ3) is 6.08. The van der Waals surface area contributed by atoms with Gasteiger partial charge in [-0.05, 0) is 49.3 Å². The molecule has 0 atom stereocenters. The highest BCUT2D eigenvalue weighted by Gasteiger charge is 2.22. The predicted molar refractivity (Wildman–Crippen MR) is 114 cm³/mol. The first-order valence-electron chi connectivity index (χ1n) is 9.88. The average molecular weight is 380 g/mol. The topological polar surface area (TPSA) is 70.2 Å². The molecule has 6 heteroatoms. The van der Waals surface area contributed by atoms with Crippen LogP contribution in [0.4, 0.5) is 11.8 Å². The predicted octanol–water partition coefficient (Wildman–Crippen LogP) is 3.34. The van der Waals surface area contributed by atoms with Crippen LogP contribution in [0.15, 0.2) is 48.7 Å². The molecule has 0 bridgehead atoms. The van der Waals surface area contributed by atoms with E-state index in [1.165, 1.54) is 0 Å². The lowest BCUT2D eigenvalue weighted by atomic mass is 9.86. The fraction of sp³-hybridized carbons (Fsp3) is 0.409. The summed E-state index contributed by atoms with van der Waals surface area (Å²) < 4.78 is 0. The van der Waals surface area contributed by atoms with E-state index >= 15 is 0 Å². The number of nitrogens with zero attached hydrogens (tertiary/aromatic N) is 3. The molecule has 6 nitrogen and oxygen atoms in total. The maximum Gasteiger partial charge on any atom is 0.244 e. The molecule has 28 heavy (non-hydrogen) atoms. The summed E-state index contributed by atoms with van der Waals surface area (Å²) in [5, 5.41) is 6.48. The second-order valence-electron chi connectivity index (χ2n) is 7.48. The van der Waals surface area contributed by atoms with Gasteiger partial charge in [-0.1, -0.05) is 30.3 Å². The van der Waals surface area contributed by atoms with Gasteiger partial charge in [-0.15, -0.1) is 0 Å². The third-order valence-corrected chi connectivity index (χ3v) is 5.07. The van der Waals surface area contributed by atoms with Gasteiger partial charge in [0.1, 0.15) is 5.82 Å². The van der Waals surface area contributed by atoms with Crippen LogP contribution in [-0.4, -0.2) is 42.6 Å². The fourth-order valence-electron chi connectivity index (χ4n) is 3.40. The zero-order valence-electron chi connectivity index (χ0n) is 16.6. The molecule has 1 amide bonds. The monoisotopic (exact) mass is 379 g/mol. The van der Waals surface area contributed by atoms with Crippen molar-refractivity contribution in [1.29, 1.82) is 0 Å². The Kier molecular flexibility index (Phi) is 7.00. The van der Waals surface area contributed by atoms with E-state index in [1.807, 2.05) is 61.5 Å². The Labute approximate surface area is 167 Å². The quantitative estimate of drug-likeness (QED) is 0.722. The van der Waals surface area contributed by atoms with E-state index in [4.69, 9.17) is 0 Å². The number of hydrogen-bond acceptors (Lipinski definition) is 5. The molecule has 0 radical (unpaired) electrons. The SMILES string of the molecule is CN(C)c1ccnc(NC2CCC(CNC(=O)C=Cc3ccccc3)CC2)n1. The number of hydrogen-bond donors (Lipinski definition) is 2. The molecule has 0 aliphatic heterocycles. The van der Waals surface area contributed by atoms with E-state index in [0.29, 0.717) is 17.9 Å². The summed E-state index contributed by atoms with van der Waals surface area (Å²) in [6, 6.07) is 12.1. The van der Waals surface area contributed by atoms with Crippen molar-refractivity contribution < 1.29 is 4.79 Å². The molecular weight excluding hydrogens is 350 g/mol. The molecule has 1 fully saturated rings. The van der Waals surface area contributed by atoms with E-state index in [1.54, 1.807) is 12.3 Å². The van der Waals surface area contributed by atoms with Gasteiger partial charge in [0, 0.05) is 39.0 Å². The van der Waals surface area contributed by atoms with Gasteiger partial charge >= 0.3 is 0 Å². The van der Waals surface area contributed by atoms with E-state index in [-0.39, 0.29) is 5.91 Å². The molecule has 1 aromatic carbocycles. The molecule has 0 unspecified atom stereocenters. The Balaban J connectivity index is 1.39. The number of benzene rings is 1. The van der Waals surface area contributed by atoms with Crippen LogP contribution in [0.1, 0.15) is 31.2 Å². The summed E-state index contributed by atoms with van der Waals surface area (Å²) in [6.07, 6.45) is 9.55. The minimum Gasteiger partial charge on any atom is -0.363 e. The number of amides is 1. The molecule has 0 spiro atoms. The molecule has 148 valence electrons. The summed E-state index contributed by atoms with van der Waals surface area (Å²) in [5.74, 6) is 2.09. The summed E-state index contributed by atoms with van der Waals surface area (Å²) in [5.41, 5.74) is 1.03. The summed E-state index contributed by atoms with van der Waals surface area (Å²) in [4.78, 5) is 22.8. The molecule has 2 aromatic rings. The molecule has 2 N–H and O–H groups in total. The lowest BCUT2D eigenvalue weighted by Gasteiger charge is -2.29. The van der Waals surface area contributed by atoms with Crippen molar-refractivity contribution in [2.45, 2.75) is 31.7 Å². The highest BCUT2D eigenvalue weighted by Crippen LogP contribution is 2.25. The largest absolute Gasteiger partial charge is 0.363 e. The minimum atomic E-state index is -0.0296. The third-order valence-electron chi connectivity index (χ3n) is 5.07. The zero-order chi connectivity index (χ0) is 19.8. The van der Waals surface area contributed by atoms with E-state index in [0.717, 1.165) is 43.6 Å². The highest BCUT2D eigenvalue weighted by atomic mass is 16.1. The van der Waals surface area contributed by atoms with Crippen molar-refractivity contribution in [3.63, 3.8) is 0 Å². The molecule has 1 heterocycles. The summed E-state index contributed by atoms with van der Waals surface area (Å²) in [6.45, 7) is 0.733. The Morgan fingerprint density at radius 2 is 1.89 bits per heavy atom. The number of carbonyl (C=O) groups excluding carboxylic acids is 1. The van der Waals surface area contributed by atoms with Crippen molar-refractivity contribution in [2.75, 3.05) is 30.9 Å². The molecule has 3 rings (SSSR count). The fourth-order valence-corrected chi connectivity index (χ4v) is 3.40. The van der Waals surface area contributed by atoms with Crippen molar-refractivity contribution in [3.05, 3.63) is 54.2 Å². The minimum absolute atomic E-state index is 0.0296. The lowest BCUT2D eigenvalue weighted by Crippen LogP contribution is -2.33. The Morgan fingerprint density at radius 1 is 1.14 bits per heavy atom. The molecule has 1 aliphatic carbocycles. The van der Waals surface area contributed by atoms with Crippen LogP contribution in [0.3, 0.4) is 0 Å². The number of aromatic nitrogens is 2. The molecule has 0 saturated heterocycles. The van der Waals surface area contributed by atoms with Crippen LogP contribution in [0.5, 0.6) is 0 Å². The first-order valence-corrected chi connectivity index (χ1v) is 9.88. The van der Waals surface area contributed by atoms with Gasteiger partial charge < -0.3 is 15.5 Å². The second kappa shape index (κ2) is 9.88. The van der Waals surface area contributed by atoms with Gasteiger partial charge in [-0.3, -0.25) is 4.79 Å². The van der Waals surface area contributed by atoms with Gasteiger partial charge in [0.05, 0.1) is 0 Å². The van der Waals surface area contributed by atoms with Crippen LogP contribution in [-0.2, 0) is 4.79 Å². The zero-order valence-corrected chi connectivity index (χ0v) is 16.6. The van der Waals surface area contributed by atoms with Crippen LogP contribution >= 0.6 is 0 Å². The van der Waals surface area contributed by atoms with Crippen molar-refractivity contribution in [2.24, 2.45) is 5.92 Å². The van der Waals surface area contributed by atoms with Gasteiger partial charge in [0.25, 0.3) is 0 Å². The summed E-state index contributed by atoms with van der Waals surface area (Å²) in [7, 11) is 3.95. The van der Waals surface area contributed by atoms with Crippen molar-refractivity contribution >= 4 is 23.7 Å². The second-order valence-corrected chi connectivity index (χ2v) is 7.48. The first kappa shape index (κ1) is 19.9. The Hall–Kier alpha value is -2.89. The molecule has 1 saturated carbocycles. The number of rotatable bonds is 7. The summed E-state index contributed by atoms with van der Waals surface area (Å²) >= 11 is 0. The molecule has 1 aromatic heterocycles. The Bertz CT molecular complexity index is 783. The smallest absolute Gasteiger partial charge is 0.244 e. The normalized spacial score (nSPS) is 19.4. The maximum absolute atomic E-state index is 12.0. The number of anilines is 2. The molecule has 1 aliphatic rings. The van der Waals surface area contributed by atoms with Crippen molar-refractivity contribution in [3.8, 4) is 0 Å². The molecular formula is C22H29N5O.